The van der Waals surface area contributed by atoms with Gasteiger partial charge in [-0.25, -0.2) is 0 Å². The van der Waals surface area contributed by atoms with Crippen LogP contribution in [0.15, 0.2) is 29.4 Å². The first-order valence-electron chi connectivity index (χ1n) is 3.74. The van der Waals surface area contributed by atoms with E-state index in [1.165, 1.54) is 24.3 Å². The molecule has 76 valence electrons. The molecule has 0 aromatic heterocycles. The van der Waals surface area contributed by atoms with Crippen molar-refractivity contribution in [2.45, 2.75) is 0 Å². The van der Waals surface area contributed by atoms with E-state index >= 15 is 0 Å². The molecule has 0 saturated heterocycles. The Morgan fingerprint density at radius 3 is 2.53 bits per heavy atom. The average molecular weight is 207 g/mol. The van der Waals surface area contributed by atoms with Crippen molar-refractivity contribution in [3.63, 3.8) is 0 Å². The Kier molecular flexibility index (Phi) is 3.20. The largest absolute Gasteiger partial charge is 0.321 e. The highest BCUT2D eigenvalue weighted by molar-refractivity contribution is 5.89. The molecule has 1 aromatic carbocycles. The second-order valence-electron chi connectivity index (χ2n) is 2.42. The summed E-state index contributed by atoms with van der Waals surface area (Å²) in [6.07, 6.45) is 0. The van der Waals surface area contributed by atoms with Gasteiger partial charge in [0.25, 0.3) is 5.69 Å². The molecule has 15 heavy (non-hydrogen) atoms. The molecule has 1 N–H and O–H groups in total. The minimum atomic E-state index is -0.869. The second kappa shape index (κ2) is 4.58. The first kappa shape index (κ1) is 10.5. The molecular weight excluding hydrogens is 202 g/mol. The number of nitro groups is 1. The molecule has 0 unspecified atom stereocenters. The Morgan fingerprint density at radius 2 is 2.07 bits per heavy atom. The van der Waals surface area contributed by atoms with Crippen LogP contribution in [0.5, 0.6) is 0 Å². The number of nitrogens with zero attached hydrogens (tertiary/aromatic N) is 4. The van der Waals surface area contributed by atoms with E-state index in [1.54, 1.807) is 0 Å². The highest BCUT2D eigenvalue weighted by Crippen LogP contribution is 2.15. The van der Waals surface area contributed by atoms with Crippen LogP contribution in [0.25, 0.3) is 10.4 Å². The van der Waals surface area contributed by atoms with Gasteiger partial charge >= 0.3 is 6.03 Å². The van der Waals surface area contributed by atoms with E-state index in [9.17, 15) is 14.9 Å². The summed E-state index contributed by atoms with van der Waals surface area (Å²) in [5, 5.41) is 15.3. The lowest BCUT2D eigenvalue weighted by Gasteiger charge is -1.99. The van der Waals surface area contributed by atoms with Crippen molar-refractivity contribution in [3.05, 3.63) is 44.8 Å². The lowest BCUT2D eigenvalue weighted by molar-refractivity contribution is -0.384. The molecule has 1 rings (SSSR count). The van der Waals surface area contributed by atoms with Crippen LogP contribution < -0.4 is 5.32 Å². The van der Waals surface area contributed by atoms with Gasteiger partial charge in [-0.05, 0) is 17.7 Å². The van der Waals surface area contributed by atoms with E-state index in [2.05, 4.69) is 15.3 Å². The number of azide groups is 1. The summed E-state index contributed by atoms with van der Waals surface area (Å²) in [6.45, 7) is 0. The third kappa shape index (κ3) is 2.98. The van der Waals surface area contributed by atoms with E-state index < -0.39 is 11.0 Å². The predicted octanol–water partition coefficient (Wildman–Crippen LogP) is 2.44. The smallest absolute Gasteiger partial charge is 0.312 e. The van der Waals surface area contributed by atoms with Crippen molar-refractivity contribution in [1.29, 1.82) is 0 Å². The third-order valence-electron chi connectivity index (χ3n) is 1.46. The highest BCUT2D eigenvalue weighted by atomic mass is 16.6. The maximum absolute atomic E-state index is 10.8. The van der Waals surface area contributed by atoms with E-state index in [1.807, 2.05) is 0 Å². The summed E-state index contributed by atoms with van der Waals surface area (Å²) in [5.74, 6) is 0. The number of rotatable bonds is 2. The van der Waals surface area contributed by atoms with Crippen LogP contribution in [0.1, 0.15) is 0 Å². The SMILES string of the molecule is [N-]=[N+]=NC(=O)Nc1ccc([N+](=O)[O-])cc1. The topological polar surface area (TPSA) is 121 Å². The van der Waals surface area contributed by atoms with Crippen LogP contribution in [-0.2, 0) is 0 Å². The second-order valence-corrected chi connectivity index (χ2v) is 2.42. The number of hydrogen-bond acceptors (Lipinski definition) is 3. The minimum Gasteiger partial charge on any atom is -0.321 e. The molecule has 0 aliphatic rings. The number of amides is 2. The van der Waals surface area contributed by atoms with Crippen LogP contribution in [-0.4, -0.2) is 11.0 Å². The summed E-state index contributed by atoms with van der Waals surface area (Å²) in [7, 11) is 0. The van der Waals surface area contributed by atoms with E-state index in [-0.39, 0.29) is 5.69 Å². The molecule has 0 saturated carbocycles. The number of carbonyl (C=O) groups excluding carboxylic acids is 1. The number of urea groups is 1. The van der Waals surface area contributed by atoms with Gasteiger partial charge in [-0.3, -0.25) is 14.9 Å². The first-order valence-corrected chi connectivity index (χ1v) is 3.74. The van der Waals surface area contributed by atoms with Crippen LogP contribution in [0.4, 0.5) is 16.2 Å². The van der Waals surface area contributed by atoms with Crippen molar-refractivity contribution in [2.75, 3.05) is 5.32 Å². The Bertz CT molecular complexity index is 434. The fourth-order valence-electron chi connectivity index (χ4n) is 0.856. The molecule has 0 radical (unpaired) electrons. The number of carbonyl (C=O) groups is 1. The van der Waals surface area contributed by atoms with Gasteiger partial charge in [0.15, 0.2) is 0 Å². The van der Waals surface area contributed by atoms with E-state index in [0.717, 1.165) is 0 Å². The van der Waals surface area contributed by atoms with E-state index in [4.69, 9.17) is 5.53 Å². The zero-order chi connectivity index (χ0) is 11.3. The third-order valence-corrected chi connectivity index (χ3v) is 1.46. The maximum Gasteiger partial charge on any atom is 0.312 e. The molecule has 8 heteroatoms. The number of non-ortho nitro benzene ring substituents is 1. The summed E-state index contributed by atoms with van der Waals surface area (Å²) in [4.78, 5) is 22.8. The van der Waals surface area contributed by atoms with Gasteiger partial charge in [0, 0.05) is 27.8 Å². The zero-order valence-electron chi connectivity index (χ0n) is 7.32. The molecule has 8 nitrogen and oxygen atoms in total. The minimum absolute atomic E-state index is 0.0863. The maximum atomic E-state index is 10.8. The van der Waals surface area contributed by atoms with Gasteiger partial charge in [-0.1, -0.05) is 0 Å². The zero-order valence-corrected chi connectivity index (χ0v) is 7.32. The number of anilines is 1. The van der Waals surface area contributed by atoms with Crippen molar-refractivity contribution in [1.82, 2.24) is 0 Å². The highest BCUT2D eigenvalue weighted by Gasteiger charge is 2.04. The fraction of sp³-hybridized carbons (Fsp3) is 0. The molecule has 1 aromatic rings. The number of nitrogens with one attached hydrogen (secondary N) is 1. The average Bonchev–Trinajstić information content (AvgIpc) is 2.18. The van der Waals surface area contributed by atoms with Crippen LogP contribution in [0.3, 0.4) is 0 Å². The van der Waals surface area contributed by atoms with Gasteiger partial charge in [0.05, 0.1) is 4.92 Å². The van der Waals surface area contributed by atoms with Crippen LogP contribution in [0, 0.1) is 10.1 Å². The van der Waals surface area contributed by atoms with Crippen molar-refractivity contribution >= 4 is 17.4 Å². The lowest BCUT2D eigenvalue weighted by Crippen LogP contribution is -2.04. The predicted molar refractivity (Wildman–Crippen MR) is 51.3 cm³/mol. The molecule has 0 fully saturated rings. The van der Waals surface area contributed by atoms with Gasteiger partial charge in [-0.15, -0.1) is 0 Å². The van der Waals surface area contributed by atoms with Crippen molar-refractivity contribution < 1.29 is 9.72 Å². The standard InChI is InChI=1S/C7H5N5O3/c8-11-10-7(13)9-5-1-3-6(4-2-5)12(14)15/h1-4H,(H,9,13). The summed E-state index contributed by atoms with van der Waals surface area (Å²) in [6, 6.07) is 4.26. The van der Waals surface area contributed by atoms with Gasteiger partial charge < -0.3 is 5.32 Å². The normalized spacial score (nSPS) is 8.80. The van der Waals surface area contributed by atoms with Crippen LogP contribution >= 0.6 is 0 Å². The number of nitro benzene ring substituents is 1. The quantitative estimate of drug-likeness (QED) is 0.263. The van der Waals surface area contributed by atoms with Gasteiger partial charge in [0.1, 0.15) is 0 Å². The molecule has 0 bridgehead atoms. The van der Waals surface area contributed by atoms with E-state index in [0.29, 0.717) is 5.69 Å². The lowest BCUT2D eigenvalue weighted by atomic mass is 10.3. The molecule has 0 heterocycles. The first-order chi connectivity index (χ1) is 7.13. The molecule has 0 aliphatic carbocycles. The summed E-state index contributed by atoms with van der Waals surface area (Å²) >= 11 is 0. The summed E-state index contributed by atoms with van der Waals surface area (Å²) in [5.41, 5.74) is 8.17. The summed E-state index contributed by atoms with van der Waals surface area (Å²) < 4.78 is 0. The fourth-order valence-corrected chi connectivity index (χ4v) is 0.856. The molecule has 0 atom stereocenters. The molecule has 2 amide bonds. The molecular formula is C7H5N5O3. The monoisotopic (exact) mass is 207 g/mol. The Balaban J connectivity index is 2.76. The Hall–Kier alpha value is -2.60. The van der Waals surface area contributed by atoms with Gasteiger partial charge in [0.2, 0.25) is 0 Å². The Morgan fingerprint density at radius 1 is 1.47 bits per heavy atom. The van der Waals surface area contributed by atoms with Crippen molar-refractivity contribution in [2.24, 2.45) is 5.11 Å². The van der Waals surface area contributed by atoms with Gasteiger partial charge in [-0.2, -0.15) is 0 Å². The molecule has 0 spiro atoms. The van der Waals surface area contributed by atoms with Crippen molar-refractivity contribution in [3.8, 4) is 0 Å². The number of benzene rings is 1. The van der Waals surface area contributed by atoms with Crippen LogP contribution in [0.2, 0.25) is 0 Å². The number of hydrogen-bond donors (Lipinski definition) is 1. The Labute approximate surface area is 83.3 Å². The molecule has 0 aliphatic heterocycles.